The Bertz CT molecular complexity index is 707. The number of nitrogens with zero attached hydrogens (tertiary/aromatic N) is 1. The Kier molecular flexibility index (Phi) is 6.52. The lowest BCUT2D eigenvalue weighted by Gasteiger charge is -2.18. The van der Waals surface area contributed by atoms with Crippen molar-refractivity contribution in [3.05, 3.63) is 58.7 Å². The summed E-state index contributed by atoms with van der Waals surface area (Å²) in [6, 6.07) is 11.8. The quantitative estimate of drug-likeness (QED) is 0.836. The van der Waals surface area contributed by atoms with Gasteiger partial charge in [0.05, 0.1) is 13.1 Å². The summed E-state index contributed by atoms with van der Waals surface area (Å²) in [5, 5.41) is 5.88. The summed E-state index contributed by atoms with van der Waals surface area (Å²) >= 11 is 0. The average molecular weight is 353 g/mol. The molecule has 0 aliphatic heterocycles. The van der Waals surface area contributed by atoms with Gasteiger partial charge in [0.25, 0.3) is 0 Å². The number of aryl methyl sites for hydroxylation is 4. The van der Waals surface area contributed by atoms with E-state index in [2.05, 4.69) is 10.6 Å². The fourth-order valence-corrected chi connectivity index (χ4v) is 2.93. The van der Waals surface area contributed by atoms with Gasteiger partial charge in [0.15, 0.2) is 0 Å². The van der Waals surface area contributed by atoms with Crippen molar-refractivity contribution in [3.63, 3.8) is 0 Å². The fraction of sp³-hybridized carbons (Fsp3) is 0.333. The highest BCUT2D eigenvalue weighted by molar-refractivity contribution is 5.96. The van der Waals surface area contributed by atoms with E-state index in [1.807, 2.05) is 64.1 Å². The third-order valence-corrected chi connectivity index (χ3v) is 4.32. The second-order valence-electron chi connectivity index (χ2n) is 6.80. The first kappa shape index (κ1) is 19.7. The summed E-state index contributed by atoms with van der Waals surface area (Å²) in [5.74, 6) is -0.269. The molecule has 2 amide bonds. The number of carbonyl (C=O) groups is 2. The number of rotatable bonds is 6. The number of amides is 2. The molecule has 2 N–H and O–H groups in total. The molecule has 0 aliphatic carbocycles. The summed E-state index contributed by atoms with van der Waals surface area (Å²) in [6.07, 6.45) is 0. The monoisotopic (exact) mass is 353 g/mol. The fourth-order valence-electron chi connectivity index (χ4n) is 2.93. The molecular formula is C21H27N3O2. The predicted octanol–water partition coefficient (Wildman–Crippen LogP) is 3.43. The van der Waals surface area contributed by atoms with Crippen molar-refractivity contribution in [2.75, 3.05) is 30.8 Å². The highest BCUT2D eigenvalue weighted by Crippen LogP contribution is 2.20. The van der Waals surface area contributed by atoms with Crippen molar-refractivity contribution in [1.29, 1.82) is 0 Å². The third-order valence-electron chi connectivity index (χ3n) is 4.32. The summed E-state index contributed by atoms with van der Waals surface area (Å²) in [4.78, 5) is 26.3. The molecule has 0 aliphatic rings. The second kappa shape index (κ2) is 8.63. The van der Waals surface area contributed by atoms with Crippen LogP contribution in [0, 0.1) is 27.7 Å². The molecule has 0 aromatic heterocycles. The summed E-state index contributed by atoms with van der Waals surface area (Å²) in [6.45, 7) is 8.14. The lowest BCUT2D eigenvalue weighted by molar-refractivity contribution is -0.119. The Balaban J connectivity index is 1.90. The molecule has 5 nitrogen and oxygen atoms in total. The molecule has 5 heteroatoms. The second-order valence-corrected chi connectivity index (χ2v) is 6.80. The molecule has 26 heavy (non-hydrogen) atoms. The van der Waals surface area contributed by atoms with Crippen LogP contribution >= 0.6 is 0 Å². The topological polar surface area (TPSA) is 61.4 Å². The van der Waals surface area contributed by atoms with Crippen molar-refractivity contribution in [1.82, 2.24) is 4.90 Å². The molecule has 0 heterocycles. The standard InChI is InChI=1S/C21H27N3O2/c1-14-8-6-9-15(2)20(14)22-18(25)12-24(5)13-19(26)23-21-16(3)10-7-11-17(21)4/h6-11H,12-13H2,1-5H3,(H,22,25)(H,23,26). The molecule has 2 aromatic carbocycles. The largest absolute Gasteiger partial charge is 0.324 e. The molecule has 0 spiro atoms. The number of likely N-dealkylation sites (N-methyl/N-ethyl adjacent to an activating group) is 1. The zero-order valence-corrected chi connectivity index (χ0v) is 16.1. The normalized spacial score (nSPS) is 10.7. The van der Waals surface area contributed by atoms with Crippen molar-refractivity contribution < 1.29 is 9.59 Å². The van der Waals surface area contributed by atoms with E-state index >= 15 is 0 Å². The lowest BCUT2D eigenvalue weighted by atomic mass is 10.1. The van der Waals surface area contributed by atoms with Crippen molar-refractivity contribution in [3.8, 4) is 0 Å². The van der Waals surface area contributed by atoms with Crippen LogP contribution in [0.5, 0.6) is 0 Å². The van der Waals surface area contributed by atoms with E-state index in [9.17, 15) is 9.59 Å². The van der Waals surface area contributed by atoms with Crippen molar-refractivity contribution in [2.45, 2.75) is 27.7 Å². The van der Waals surface area contributed by atoms with Crippen LogP contribution in [0.4, 0.5) is 11.4 Å². The SMILES string of the molecule is Cc1cccc(C)c1NC(=O)CN(C)CC(=O)Nc1c(C)cccc1C. The first-order valence-electron chi connectivity index (χ1n) is 8.68. The van der Waals surface area contributed by atoms with Crippen LogP contribution in [0.2, 0.25) is 0 Å². The first-order chi connectivity index (χ1) is 12.3. The Morgan fingerprint density at radius 1 is 0.731 bits per heavy atom. The molecule has 0 radical (unpaired) electrons. The average Bonchev–Trinajstić information content (AvgIpc) is 2.54. The van der Waals surface area contributed by atoms with Gasteiger partial charge in [-0.3, -0.25) is 14.5 Å². The van der Waals surface area contributed by atoms with Gasteiger partial charge < -0.3 is 10.6 Å². The molecule has 0 fully saturated rings. The Labute approximate surface area is 155 Å². The van der Waals surface area contributed by atoms with Crippen LogP contribution in [0.3, 0.4) is 0 Å². The zero-order valence-electron chi connectivity index (χ0n) is 16.1. The van der Waals surface area contributed by atoms with Crippen LogP contribution in [-0.2, 0) is 9.59 Å². The van der Waals surface area contributed by atoms with Crippen molar-refractivity contribution >= 4 is 23.2 Å². The maximum Gasteiger partial charge on any atom is 0.238 e. The van der Waals surface area contributed by atoms with Gasteiger partial charge in [0, 0.05) is 11.4 Å². The van der Waals surface area contributed by atoms with Gasteiger partial charge in [0.1, 0.15) is 0 Å². The molecule has 0 saturated carbocycles. The van der Waals surface area contributed by atoms with Gasteiger partial charge in [0.2, 0.25) is 11.8 Å². The van der Waals surface area contributed by atoms with Gasteiger partial charge in [-0.15, -0.1) is 0 Å². The van der Waals surface area contributed by atoms with Crippen LogP contribution < -0.4 is 10.6 Å². The number of para-hydroxylation sites is 2. The summed E-state index contributed by atoms with van der Waals surface area (Å²) < 4.78 is 0. The molecule has 138 valence electrons. The van der Waals surface area contributed by atoms with E-state index in [1.54, 1.807) is 11.9 Å². The van der Waals surface area contributed by atoms with Crippen LogP contribution in [0.25, 0.3) is 0 Å². The van der Waals surface area contributed by atoms with E-state index in [0.717, 1.165) is 33.6 Å². The number of benzene rings is 2. The predicted molar refractivity (Wildman–Crippen MR) is 107 cm³/mol. The van der Waals surface area contributed by atoms with Gasteiger partial charge >= 0.3 is 0 Å². The van der Waals surface area contributed by atoms with E-state index in [0.29, 0.717) is 0 Å². The lowest BCUT2D eigenvalue weighted by Crippen LogP contribution is -2.36. The number of nitrogens with one attached hydrogen (secondary N) is 2. The molecule has 2 aromatic rings. The van der Waals surface area contributed by atoms with Gasteiger partial charge in [-0.05, 0) is 57.0 Å². The van der Waals surface area contributed by atoms with E-state index in [-0.39, 0.29) is 24.9 Å². The molecule has 0 unspecified atom stereocenters. The van der Waals surface area contributed by atoms with Gasteiger partial charge in [-0.2, -0.15) is 0 Å². The molecular weight excluding hydrogens is 326 g/mol. The van der Waals surface area contributed by atoms with Gasteiger partial charge in [-0.1, -0.05) is 36.4 Å². The smallest absolute Gasteiger partial charge is 0.238 e. The molecule has 2 rings (SSSR count). The maximum atomic E-state index is 12.3. The minimum Gasteiger partial charge on any atom is -0.324 e. The van der Waals surface area contributed by atoms with Gasteiger partial charge in [-0.25, -0.2) is 0 Å². The zero-order chi connectivity index (χ0) is 19.3. The minimum atomic E-state index is -0.134. The molecule has 0 atom stereocenters. The molecule has 0 saturated heterocycles. The first-order valence-corrected chi connectivity index (χ1v) is 8.68. The van der Waals surface area contributed by atoms with E-state index in [1.165, 1.54) is 0 Å². The van der Waals surface area contributed by atoms with Crippen molar-refractivity contribution in [2.24, 2.45) is 0 Å². The third kappa shape index (κ3) is 5.17. The number of hydrogen-bond acceptors (Lipinski definition) is 3. The van der Waals surface area contributed by atoms with Crippen LogP contribution in [0.15, 0.2) is 36.4 Å². The number of hydrogen-bond donors (Lipinski definition) is 2. The highest BCUT2D eigenvalue weighted by Gasteiger charge is 2.14. The Morgan fingerprint density at radius 2 is 1.04 bits per heavy atom. The van der Waals surface area contributed by atoms with E-state index in [4.69, 9.17) is 0 Å². The minimum absolute atomic E-state index is 0.134. The van der Waals surface area contributed by atoms with Crippen LogP contribution in [-0.4, -0.2) is 36.9 Å². The summed E-state index contributed by atoms with van der Waals surface area (Å²) in [7, 11) is 1.76. The highest BCUT2D eigenvalue weighted by atomic mass is 16.2. The number of anilines is 2. The Morgan fingerprint density at radius 3 is 1.35 bits per heavy atom. The molecule has 0 bridgehead atoms. The summed E-state index contributed by atoms with van der Waals surface area (Å²) in [5.41, 5.74) is 5.77. The number of carbonyl (C=O) groups excluding carboxylic acids is 2. The Hall–Kier alpha value is -2.66. The van der Waals surface area contributed by atoms with E-state index < -0.39 is 0 Å². The van der Waals surface area contributed by atoms with Crippen LogP contribution in [0.1, 0.15) is 22.3 Å². The maximum absolute atomic E-state index is 12.3.